The third kappa shape index (κ3) is 8.40. The molecule has 0 amide bonds. The summed E-state index contributed by atoms with van der Waals surface area (Å²) in [5, 5.41) is 8.38. The smallest absolute Gasteiger partial charge is 0.353 e. The van der Waals surface area contributed by atoms with Crippen LogP contribution in [0.4, 0.5) is 0 Å². The number of unbranched alkanes of at least 4 members (excludes halogenated alkanes) is 3. The first-order valence-electron chi connectivity index (χ1n) is 4.39. The van der Waals surface area contributed by atoms with Gasteiger partial charge in [0.25, 0.3) is 0 Å². The summed E-state index contributed by atoms with van der Waals surface area (Å²) in [6.07, 6.45) is 2.83. The van der Waals surface area contributed by atoms with Gasteiger partial charge >= 0.3 is 7.60 Å². The van der Waals surface area contributed by atoms with E-state index in [0.717, 1.165) is 25.7 Å². The molecule has 80 valence electrons. The van der Waals surface area contributed by atoms with E-state index in [1.165, 1.54) is 0 Å². The van der Waals surface area contributed by atoms with E-state index >= 15 is 0 Å². The maximum atomic E-state index is 10.7. The van der Waals surface area contributed by atoms with Gasteiger partial charge in [-0.05, 0) is 19.4 Å². The molecule has 13 heavy (non-hydrogen) atoms. The van der Waals surface area contributed by atoms with Crippen molar-refractivity contribution in [3.63, 3.8) is 0 Å². The molecule has 0 bridgehead atoms. The van der Waals surface area contributed by atoms with Gasteiger partial charge in [0.2, 0.25) is 0 Å². The fourth-order valence-electron chi connectivity index (χ4n) is 0.848. The van der Waals surface area contributed by atoms with Crippen molar-refractivity contribution in [2.24, 2.45) is 5.73 Å². The summed E-state index contributed by atoms with van der Waals surface area (Å²) in [5.41, 5.74) is 5.29. The molecule has 0 heterocycles. The molecule has 0 aromatic heterocycles. The van der Waals surface area contributed by atoms with Crippen LogP contribution in [0.2, 0.25) is 0 Å². The molecule has 0 spiro atoms. The molecule has 0 aliphatic rings. The fraction of sp³-hybridized carbons (Fsp3) is 1.00. The topological polar surface area (TPSA) is 92.8 Å². The number of hydrogen-bond acceptors (Lipinski definition) is 4. The van der Waals surface area contributed by atoms with Gasteiger partial charge < -0.3 is 20.3 Å². The quantitative estimate of drug-likeness (QED) is 0.405. The summed E-state index contributed by atoms with van der Waals surface area (Å²) in [6, 6.07) is 0. The molecule has 1 unspecified atom stereocenters. The number of nitrogens with two attached hydrogens (primary N) is 1. The first-order valence-corrected chi connectivity index (χ1v) is 6.16. The Morgan fingerprint density at radius 1 is 1.23 bits per heavy atom. The van der Waals surface area contributed by atoms with Crippen LogP contribution < -0.4 is 5.73 Å². The van der Waals surface area contributed by atoms with Crippen LogP contribution in [-0.2, 0) is 9.09 Å². The van der Waals surface area contributed by atoms with Gasteiger partial charge in [0.1, 0.15) is 6.35 Å². The normalized spacial score (nSPS) is 15.6. The number of rotatable bonds is 8. The van der Waals surface area contributed by atoms with Crippen molar-refractivity contribution in [3.05, 3.63) is 0 Å². The van der Waals surface area contributed by atoms with Crippen molar-refractivity contribution < 1.29 is 19.1 Å². The van der Waals surface area contributed by atoms with Crippen molar-refractivity contribution in [2.45, 2.75) is 25.7 Å². The molecule has 5 nitrogen and oxygen atoms in total. The van der Waals surface area contributed by atoms with E-state index in [0.29, 0.717) is 6.54 Å². The lowest BCUT2D eigenvalue weighted by Crippen LogP contribution is -1.99. The van der Waals surface area contributed by atoms with E-state index in [1.54, 1.807) is 0 Å². The highest BCUT2D eigenvalue weighted by Gasteiger charge is 2.16. The Bertz CT molecular complexity index is 165. The summed E-state index contributed by atoms with van der Waals surface area (Å²) in [7, 11) is -3.70. The second-order valence-electron chi connectivity index (χ2n) is 2.81. The maximum Gasteiger partial charge on any atom is 0.353 e. The fourth-order valence-corrected chi connectivity index (χ4v) is 1.34. The minimum absolute atomic E-state index is 0.221. The first kappa shape index (κ1) is 13.1. The van der Waals surface area contributed by atoms with E-state index < -0.39 is 13.9 Å². The third-order valence-electron chi connectivity index (χ3n) is 1.57. The zero-order chi connectivity index (χ0) is 10.2. The summed E-state index contributed by atoms with van der Waals surface area (Å²) < 4.78 is 15.3. The molecule has 0 aliphatic heterocycles. The van der Waals surface area contributed by atoms with Crippen LogP contribution in [0.1, 0.15) is 25.7 Å². The molecule has 0 radical (unpaired) electrons. The highest BCUT2D eigenvalue weighted by atomic mass is 31.2. The highest BCUT2D eigenvalue weighted by molar-refractivity contribution is 7.52. The number of hydrogen-bond donors (Lipinski definition) is 3. The van der Waals surface area contributed by atoms with Crippen molar-refractivity contribution >= 4 is 7.60 Å². The minimum Gasteiger partial charge on any atom is -0.384 e. The lowest BCUT2D eigenvalue weighted by molar-refractivity contribution is 0.220. The van der Waals surface area contributed by atoms with Crippen molar-refractivity contribution in [1.82, 2.24) is 0 Å². The van der Waals surface area contributed by atoms with Gasteiger partial charge in [0, 0.05) is 0 Å². The lowest BCUT2D eigenvalue weighted by atomic mass is 10.2. The van der Waals surface area contributed by atoms with Crippen LogP contribution in [0.25, 0.3) is 0 Å². The number of aliphatic hydroxyl groups is 1. The Balaban J connectivity index is 3.21. The van der Waals surface area contributed by atoms with Gasteiger partial charge in [-0.15, -0.1) is 0 Å². The minimum atomic E-state index is -3.70. The van der Waals surface area contributed by atoms with Crippen LogP contribution in [0.15, 0.2) is 0 Å². The Kier molecular flexibility index (Phi) is 7.51. The predicted octanol–water partition coefficient (Wildman–Crippen LogP) is 0.657. The molecule has 1 atom stereocenters. The predicted molar refractivity (Wildman–Crippen MR) is 50.4 cm³/mol. The second kappa shape index (κ2) is 7.47. The summed E-state index contributed by atoms with van der Waals surface area (Å²) in [4.78, 5) is 8.79. The standard InChI is InChI=1S/C7H18NO4P/c8-5-3-1-2-4-6-12-13(10,11)7-9/h9H,1-8H2,(H,10,11). The maximum absolute atomic E-state index is 10.7. The van der Waals surface area contributed by atoms with Crippen LogP contribution >= 0.6 is 7.60 Å². The molecule has 0 aromatic rings. The second-order valence-corrected chi connectivity index (χ2v) is 4.63. The molecule has 0 rings (SSSR count). The van der Waals surface area contributed by atoms with Gasteiger partial charge in [0.15, 0.2) is 0 Å². The molecular weight excluding hydrogens is 193 g/mol. The molecule has 0 saturated heterocycles. The highest BCUT2D eigenvalue weighted by Crippen LogP contribution is 2.40. The Hall–Kier alpha value is 0.0700. The molecule has 0 aliphatic carbocycles. The van der Waals surface area contributed by atoms with E-state index in [1.807, 2.05) is 0 Å². The Morgan fingerprint density at radius 3 is 2.38 bits per heavy atom. The van der Waals surface area contributed by atoms with Gasteiger partial charge in [-0.1, -0.05) is 12.8 Å². The molecular formula is C7H18NO4P. The van der Waals surface area contributed by atoms with E-state index in [-0.39, 0.29) is 6.61 Å². The summed E-state index contributed by atoms with van der Waals surface area (Å²) in [6.45, 7) is 0.898. The van der Waals surface area contributed by atoms with E-state index in [9.17, 15) is 4.57 Å². The molecule has 0 fully saturated rings. The third-order valence-corrected chi connectivity index (χ3v) is 2.51. The van der Waals surface area contributed by atoms with Crippen LogP contribution in [0, 0.1) is 0 Å². The molecule has 6 heteroatoms. The van der Waals surface area contributed by atoms with Crippen molar-refractivity contribution in [2.75, 3.05) is 19.5 Å². The van der Waals surface area contributed by atoms with E-state index in [4.69, 9.17) is 15.7 Å². The Morgan fingerprint density at radius 2 is 1.85 bits per heavy atom. The van der Waals surface area contributed by atoms with Gasteiger partial charge in [0.05, 0.1) is 6.61 Å². The van der Waals surface area contributed by atoms with Crippen LogP contribution in [-0.4, -0.2) is 29.5 Å². The van der Waals surface area contributed by atoms with Crippen LogP contribution in [0.5, 0.6) is 0 Å². The average molecular weight is 211 g/mol. The molecule has 0 saturated carbocycles. The SMILES string of the molecule is NCCCCCCOP(=O)(O)CO. The Labute approximate surface area is 78.4 Å². The summed E-state index contributed by atoms with van der Waals surface area (Å²) in [5.74, 6) is 0. The summed E-state index contributed by atoms with van der Waals surface area (Å²) >= 11 is 0. The zero-order valence-electron chi connectivity index (χ0n) is 7.69. The molecule has 4 N–H and O–H groups in total. The lowest BCUT2D eigenvalue weighted by Gasteiger charge is -2.08. The van der Waals surface area contributed by atoms with Crippen molar-refractivity contribution in [1.29, 1.82) is 0 Å². The average Bonchev–Trinajstić information content (AvgIpc) is 2.11. The van der Waals surface area contributed by atoms with Gasteiger partial charge in [-0.2, -0.15) is 0 Å². The number of aliphatic hydroxyl groups excluding tert-OH is 1. The van der Waals surface area contributed by atoms with E-state index in [2.05, 4.69) is 4.52 Å². The van der Waals surface area contributed by atoms with Gasteiger partial charge in [-0.3, -0.25) is 4.57 Å². The largest absolute Gasteiger partial charge is 0.384 e. The monoisotopic (exact) mass is 211 g/mol. The molecule has 0 aromatic carbocycles. The van der Waals surface area contributed by atoms with Crippen molar-refractivity contribution in [3.8, 4) is 0 Å². The zero-order valence-corrected chi connectivity index (χ0v) is 8.58. The van der Waals surface area contributed by atoms with Gasteiger partial charge in [-0.25, -0.2) is 0 Å². The van der Waals surface area contributed by atoms with Crippen LogP contribution in [0.3, 0.4) is 0 Å². The first-order chi connectivity index (χ1) is 6.12.